The molecule has 0 spiro atoms. The molecule has 14 nitrogen and oxygen atoms in total. The Labute approximate surface area is 334 Å². The molecule has 0 aromatic rings. The van der Waals surface area contributed by atoms with Crippen LogP contribution in [0.15, 0.2) is 0 Å². The Balaban J connectivity index is 6.80. The summed E-state index contributed by atoms with van der Waals surface area (Å²) >= 11 is 0. The molecule has 0 saturated heterocycles. The van der Waals surface area contributed by atoms with Crippen molar-refractivity contribution in [3.8, 4) is 0 Å². The predicted molar refractivity (Wildman–Crippen MR) is 230 cm³/mol. The summed E-state index contributed by atoms with van der Waals surface area (Å²) in [5.41, 5.74) is 0. The fourth-order valence-electron chi connectivity index (χ4n) is 6.11. The van der Waals surface area contributed by atoms with Gasteiger partial charge in [-0.1, -0.05) is 0 Å². The van der Waals surface area contributed by atoms with E-state index in [2.05, 4.69) is 39.3 Å². The number of aliphatic hydroxyl groups excluding tert-OH is 3. The van der Waals surface area contributed by atoms with Crippen molar-refractivity contribution in [2.75, 3.05) is 59.5 Å². The lowest BCUT2D eigenvalue weighted by Gasteiger charge is -2.47. The van der Waals surface area contributed by atoms with E-state index in [1.165, 1.54) is 0 Å². The largest absolute Gasteiger partial charge is 0.643 e. The van der Waals surface area contributed by atoms with Crippen molar-refractivity contribution >= 4 is 78.0 Å². The summed E-state index contributed by atoms with van der Waals surface area (Å²) in [5, 5.41) is 27.3. The van der Waals surface area contributed by atoms with Crippen molar-refractivity contribution in [1.82, 2.24) is 0 Å². The van der Waals surface area contributed by atoms with Crippen molar-refractivity contribution in [2.24, 2.45) is 0 Å². The third kappa shape index (κ3) is 27.7. The topological polar surface area (TPSA) is 162 Å². The highest BCUT2D eigenvalue weighted by molar-refractivity contribution is 6.93. The lowest BCUT2D eigenvalue weighted by molar-refractivity contribution is 0.0913. The molecule has 0 aromatic heterocycles. The zero-order valence-electron chi connectivity index (χ0n) is 35.9. The summed E-state index contributed by atoms with van der Waals surface area (Å²) in [6.45, 7) is 33.9. The van der Waals surface area contributed by atoms with Crippen LogP contribution >= 0.6 is 0 Å². The molecule has 0 aliphatic carbocycles. The molecule has 0 aliphatic heterocycles. The monoisotopic (exact) mass is 914 g/mol. The van der Waals surface area contributed by atoms with E-state index < -0.39 is 68.2 Å². The van der Waals surface area contributed by atoms with Crippen molar-refractivity contribution in [2.45, 2.75) is 136 Å². The maximum Gasteiger partial charge on any atom is 0.643 e. The lowest BCUT2D eigenvalue weighted by atomic mass is 10.5. The molecule has 0 saturated carbocycles. The van der Waals surface area contributed by atoms with E-state index in [9.17, 15) is 0 Å². The first kappa shape index (κ1) is 54.4. The van der Waals surface area contributed by atoms with Gasteiger partial charge in [-0.3, -0.25) is 0 Å². The van der Waals surface area contributed by atoms with E-state index in [4.69, 9.17) is 62.5 Å². The van der Waals surface area contributed by atoms with Crippen LogP contribution in [-0.2, 0) is 47.1 Å². The minimum atomic E-state index is -4.16. The molecule has 3 N–H and O–H groups in total. The minimum absolute atomic E-state index is 0.00387. The first-order valence-corrected chi connectivity index (χ1v) is 42.7. The summed E-state index contributed by atoms with van der Waals surface area (Å²) in [6, 6.07) is 2.56. The van der Waals surface area contributed by atoms with Gasteiger partial charge in [0.05, 0.1) is 39.6 Å². The zero-order valence-corrected chi connectivity index (χ0v) is 44.9. The zero-order chi connectivity index (χ0) is 41.1. The third-order valence-electron chi connectivity index (χ3n) is 7.31. The number of ether oxygens (including phenoxy) is 3. The van der Waals surface area contributed by atoms with Gasteiger partial charge in [0.25, 0.3) is 0 Å². The molecule has 53 heavy (non-hydrogen) atoms. The average Bonchev–Trinajstić information content (AvgIpc) is 2.93. The van der Waals surface area contributed by atoms with Gasteiger partial charge in [0.15, 0.2) is 25.0 Å². The molecule has 0 fully saturated rings. The Kier molecular flexibility index (Phi) is 25.8. The Hall–Kier alpha value is 1.39. The number of aliphatic hydroxyl groups is 3. The standard InChI is InChI=1S/C30H78O14Si9/c1-45-37-49(8,9)41-53(42-50(10,11)38-46(2,3)28-16-22-34-25-19-31,43-51(12,13)39-47(4,5)29-17-23-35-26-20-32)44-52(14,15)40-48(6,7)30-18-24-36-27-21-33/h31-33H,16-30H2,1-15H3. The Morgan fingerprint density at radius 1 is 0.377 bits per heavy atom. The Bertz CT molecular complexity index is 876. The van der Waals surface area contributed by atoms with Gasteiger partial charge in [0.2, 0.25) is 9.76 Å². The molecule has 0 unspecified atom stereocenters. The second-order valence-corrected chi connectivity index (χ2v) is 47.9. The van der Waals surface area contributed by atoms with Crippen molar-refractivity contribution in [1.29, 1.82) is 0 Å². The van der Waals surface area contributed by atoms with E-state index in [1.807, 2.05) is 58.9 Å². The molecule has 0 rings (SSSR count). The van der Waals surface area contributed by atoms with Gasteiger partial charge in [0, 0.05) is 19.8 Å². The molecule has 0 bridgehead atoms. The molecular weight excluding hydrogens is 837 g/mol. The summed E-state index contributed by atoms with van der Waals surface area (Å²) in [4.78, 5) is 0. The smallest absolute Gasteiger partial charge is 0.436 e. The first-order chi connectivity index (χ1) is 24.2. The second-order valence-electron chi connectivity index (χ2n) is 16.7. The Morgan fingerprint density at radius 2 is 0.642 bits per heavy atom. The maximum atomic E-state index is 9.10. The van der Waals surface area contributed by atoms with Gasteiger partial charge in [-0.05, 0) is 136 Å². The summed E-state index contributed by atoms with van der Waals surface area (Å²) in [5.74, 6) is 0. The fourth-order valence-corrected chi connectivity index (χ4v) is 43.3. The van der Waals surface area contributed by atoms with Crippen LogP contribution < -0.4 is 0 Å². The van der Waals surface area contributed by atoms with E-state index in [0.717, 1.165) is 37.4 Å². The average molecular weight is 916 g/mol. The molecule has 2 radical (unpaired) electrons. The Morgan fingerprint density at radius 3 is 0.887 bits per heavy atom. The minimum Gasteiger partial charge on any atom is -0.436 e. The van der Waals surface area contributed by atoms with Crippen LogP contribution in [0.25, 0.3) is 0 Å². The van der Waals surface area contributed by atoms with Gasteiger partial charge >= 0.3 is 43.3 Å². The highest BCUT2D eigenvalue weighted by Crippen LogP contribution is 2.35. The molecule has 0 aliphatic rings. The quantitative estimate of drug-likeness (QED) is 0.0522. The first-order valence-electron chi connectivity index (χ1n) is 19.0. The van der Waals surface area contributed by atoms with E-state index >= 15 is 0 Å². The molecule has 0 heterocycles. The van der Waals surface area contributed by atoms with Crippen LogP contribution in [0.3, 0.4) is 0 Å². The lowest BCUT2D eigenvalue weighted by Crippen LogP contribution is -2.70. The second kappa shape index (κ2) is 25.1. The SMILES string of the molecule is C[Si]O[Si](C)(C)O[Si](O[Si](C)(C)O[Si](C)(C)CCCOCCO)(O[Si](C)(C)O[Si](C)(C)CCCOCCO)O[Si](C)(C)O[Si](C)(C)CCCOCCO. The van der Waals surface area contributed by atoms with Gasteiger partial charge in [0.1, 0.15) is 0 Å². The molecular formula is C30H78O14Si9. The van der Waals surface area contributed by atoms with Gasteiger partial charge in [-0.2, -0.15) is 0 Å². The van der Waals surface area contributed by atoms with Crippen LogP contribution in [0.5, 0.6) is 0 Å². The van der Waals surface area contributed by atoms with E-state index in [-0.39, 0.29) is 29.6 Å². The normalized spacial score (nSPS) is 14.4. The summed E-state index contributed by atoms with van der Waals surface area (Å²) < 4.78 is 72.5. The maximum absolute atomic E-state index is 9.10. The molecule has 0 aromatic carbocycles. The van der Waals surface area contributed by atoms with Crippen LogP contribution in [-0.4, -0.2) is 153 Å². The highest BCUT2D eigenvalue weighted by Gasteiger charge is 2.62. The fraction of sp³-hybridized carbons (Fsp3) is 1.00. The van der Waals surface area contributed by atoms with E-state index in [1.54, 1.807) is 0 Å². The molecule has 318 valence electrons. The van der Waals surface area contributed by atoms with Crippen molar-refractivity contribution in [3.05, 3.63) is 0 Å². The van der Waals surface area contributed by atoms with Crippen LogP contribution in [0.1, 0.15) is 19.3 Å². The molecule has 0 amide bonds. The van der Waals surface area contributed by atoms with Gasteiger partial charge < -0.3 is 62.5 Å². The summed E-state index contributed by atoms with van der Waals surface area (Å²) in [6.07, 6.45) is 2.45. The highest BCUT2D eigenvalue weighted by atomic mass is 28.6. The summed E-state index contributed by atoms with van der Waals surface area (Å²) in [7, 11) is -22.8. The molecule has 0 atom stereocenters. The number of hydrogen-bond donors (Lipinski definition) is 3. The number of rotatable bonds is 34. The third-order valence-corrected chi connectivity index (χ3v) is 39.2. The predicted octanol–water partition coefficient (Wildman–Crippen LogP) is 5.84. The van der Waals surface area contributed by atoms with E-state index in [0.29, 0.717) is 39.6 Å². The number of hydrogen-bond acceptors (Lipinski definition) is 14. The van der Waals surface area contributed by atoms with Crippen LogP contribution in [0, 0.1) is 0 Å². The van der Waals surface area contributed by atoms with Crippen LogP contribution in [0.2, 0.25) is 116 Å². The van der Waals surface area contributed by atoms with Gasteiger partial charge in [-0.15, -0.1) is 0 Å². The van der Waals surface area contributed by atoms with Crippen molar-refractivity contribution in [3.63, 3.8) is 0 Å². The van der Waals surface area contributed by atoms with Crippen LogP contribution in [0.4, 0.5) is 0 Å². The van der Waals surface area contributed by atoms with Crippen molar-refractivity contribution < 1.29 is 62.5 Å². The van der Waals surface area contributed by atoms with Gasteiger partial charge in [-0.25, -0.2) is 0 Å². The molecule has 23 heteroatoms.